The number of amides is 1. The van der Waals surface area contributed by atoms with Gasteiger partial charge in [-0.25, -0.2) is 0 Å². The third kappa shape index (κ3) is 3.47. The highest BCUT2D eigenvalue weighted by Crippen LogP contribution is 2.30. The Morgan fingerprint density at radius 1 is 1.37 bits per heavy atom. The van der Waals surface area contributed by atoms with Crippen LogP contribution in [0.5, 0.6) is 0 Å². The molecule has 2 rings (SSSR count). The maximum atomic E-state index is 11.9. The van der Waals surface area contributed by atoms with Gasteiger partial charge in [0.05, 0.1) is 13.0 Å². The van der Waals surface area contributed by atoms with Crippen LogP contribution >= 0.6 is 0 Å². The molecule has 2 N–H and O–H groups in total. The van der Waals surface area contributed by atoms with Gasteiger partial charge in [-0.2, -0.15) is 0 Å². The zero-order valence-electron chi connectivity index (χ0n) is 11.7. The van der Waals surface area contributed by atoms with Gasteiger partial charge in [0.25, 0.3) is 0 Å². The number of nitrogen functional groups attached to an aromatic ring is 1. The first-order valence-corrected chi connectivity index (χ1v) is 6.84. The lowest BCUT2D eigenvalue weighted by Gasteiger charge is -2.17. The smallest absolute Gasteiger partial charge is 0.231 e. The second kappa shape index (κ2) is 6.06. The summed E-state index contributed by atoms with van der Waals surface area (Å²) in [5.41, 5.74) is 8.44. The molecule has 1 aromatic rings. The first-order valence-electron chi connectivity index (χ1n) is 6.84. The first kappa shape index (κ1) is 13.9. The lowest BCUT2D eigenvalue weighted by molar-refractivity contribution is -0.117. The summed E-state index contributed by atoms with van der Waals surface area (Å²) in [5, 5.41) is 0. The standard InChI is InChI=1S/C15H22N2O2/c1-11(2)5-7-19-8-6-17-14-4-3-13(16)9-12(14)10-15(17)18/h3-4,9,11H,5-8,10,16H2,1-2H3. The highest BCUT2D eigenvalue weighted by molar-refractivity contribution is 6.01. The molecule has 1 aromatic carbocycles. The number of rotatable bonds is 6. The summed E-state index contributed by atoms with van der Waals surface area (Å²) in [6.07, 6.45) is 1.51. The molecule has 104 valence electrons. The van der Waals surface area contributed by atoms with Gasteiger partial charge >= 0.3 is 0 Å². The van der Waals surface area contributed by atoms with E-state index in [0.717, 1.165) is 24.3 Å². The number of hydrogen-bond acceptors (Lipinski definition) is 3. The molecule has 0 aromatic heterocycles. The normalized spacial score (nSPS) is 14.3. The zero-order chi connectivity index (χ0) is 13.8. The van der Waals surface area contributed by atoms with E-state index in [-0.39, 0.29) is 5.91 Å². The Morgan fingerprint density at radius 3 is 2.89 bits per heavy atom. The minimum Gasteiger partial charge on any atom is -0.399 e. The van der Waals surface area contributed by atoms with Gasteiger partial charge in [0.1, 0.15) is 0 Å². The van der Waals surface area contributed by atoms with Crippen molar-refractivity contribution in [2.75, 3.05) is 30.4 Å². The molecule has 0 atom stereocenters. The Bertz CT molecular complexity index is 457. The summed E-state index contributed by atoms with van der Waals surface area (Å²) in [4.78, 5) is 13.7. The number of anilines is 2. The average Bonchev–Trinajstić information content (AvgIpc) is 2.64. The van der Waals surface area contributed by atoms with Crippen LogP contribution in [0.25, 0.3) is 0 Å². The van der Waals surface area contributed by atoms with Gasteiger partial charge in [0, 0.05) is 24.5 Å². The van der Waals surface area contributed by atoms with Gasteiger partial charge in [-0.3, -0.25) is 4.79 Å². The topological polar surface area (TPSA) is 55.6 Å². The van der Waals surface area contributed by atoms with Crippen molar-refractivity contribution in [3.8, 4) is 0 Å². The van der Waals surface area contributed by atoms with Gasteiger partial charge in [0.15, 0.2) is 0 Å². The average molecular weight is 262 g/mol. The molecule has 4 nitrogen and oxygen atoms in total. The van der Waals surface area contributed by atoms with Crippen LogP contribution in [0, 0.1) is 5.92 Å². The summed E-state index contributed by atoms with van der Waals surface area (Å²) >= 11 is 0. The van der Waals surface area contributed by atoms with Crippen molar-refractivity contribution in [3.63, 3.8) is 0 Å². The molecular formula is C15H22N2O2. The lowest BCUT2D eigenvalue weighted by atomic mass is 10.1. The van der Waals surface area contributed by atoms with Crippen LogP contribution < -0.4 is 10.6 Å². The lowest BCUT2D eigenvalue weighted by Crippen LogP contribution is -2.30. The van der Waals surface area contributed by atoms with E-state index in [1.807, 2.05) is 18.2 Å². The number of nitrogens with two attached hydrogens (primary N) is 1. The van der Waals surface area contributed by atoms with E-state index < -0.39 is 0 Å². The van der Waals surface area contributed by atoms with Crippen molar-refractivity contribution >= 4 is 17.3 Å². The Balaban J connectivity index is 1.86. The Hall–Kier alpha value is -1.55. The van der Waals surface area contributed by atoms with Crippen LogP contribution in [-0.4, -0.2) is 25.7 Å². The summed E-state index contributed by atoms with van der Waals surface area (Å²) in [6, 6.07) is 5.64. The molecule has 0 saturated heterocycles. The van der Waals surface area contributed by atoms with Gasteiger partial charge in [0.2, 0.25) is 5.91 Å². The third-order valence-corrected chi connectivity index (χ3v) is 3.34. The molecule has 1 heterocycles. The first-order chi connectivity index (χ1) is 9.08. The van der Waals surface area contributed by atoms with Crippen LogP contribution in [0.4, 0.5) is 11.4 Å². The monoisotopic (exact) mass is 262 g/mol. The van der Waals surface area contributed by atoms with Crippen LogP contribution in [-0.2, 0) is 16.0 Å². The van der Waals surface area contributed by atoms with Gasteiger partial charge in [-0.15, -0.1) is 0 Å². The Kier molecular flexibility index (Phi) is 4.43. The van der Waals surface area contributed by atoms with Crippen LogP contribution in [0.2, 0.25) is 0 Å². The molecule has 1 aliphatic rings. The molecule has 0 unspecified atom stereocenters. The number of benzene rings is 1. The van der Waals surface area contributed by atoms with E-state index in [1.54, 1.807) is 4.90 Å². The van der Waals surface area contributed by atoms with E-state index in [4.69, 9.17) is 10.5 Å². The number of carbonyl (C=O) groups excluding carboxylic acids is 1. The van der Waals surface area contributed by atoms with Gasteiger partial charge in [-0.1, -0.05) is 13.8 Å². The highest BCUT2D eigenvalue weighted by Gasteiger charge is 2.26. The molecule has 0 spiro atoms. The number of carbonyl (C=O) groups is 1. The predicted molar refractivity (Wildman–Crippen MR) is 77.2 cm³/mol. The predicted octanol–water partition coefficient (Wildman–Crippen LogP) is 2.22. The highest BCUT2D eigenvalue weighted by atomic mass is 16.5. The molecule has 0 bridgehead atoms. The van der Waals surface area contributed by atoms with Crippen LogP contribution in [0.3, 0.4) is 0 Å². The number of ether oxygens (including phenoxy) is 1. The minimum absolute atomic E-state index is 0.132. The van der Waals surface area contributed by atoms with Gasteiger partial charge < -0.3 is 15.4 Å². The molecule has 0 aliphatic carbocycles. The molecule has 0 radical (unpaired) electrons. The Labute approximate surface area is 114 Å². The molecule has 19 heavy (non-hydrogen) atoms. The van der Waals surface area contributed by atoms with Crippen molar-refractivity contribution in [2.45, 2.75) is 26.7 Å². The molecule has 0 saturated carbocycles. The second-order valence-electron chi connectivity index (χ2n) is 5.41. The summed E-state index contributed by atoms with van der Waals surface area (Å²) in [7, 11) is 0. The van der Waals surface area contributed by atoms with Crippen molar-refractivity contribution in [1.29, 1.82) is 0 Å². The summed E-state index contributed by atoms with van der Waals surface area (Å²) in [5.74, 6) is 0.783. The molecular weight excluding hydrogens is 240 g/mol. The number of hydrogen-bond donors (Lipinski definition) is 1. The quantitative estimate of drug-likeness (QED) is 0.631. The minimum atomic E-state index is 0.132. The fraction of sp³-hybridized carbons (Fsp3) is 0.533. The van der Waals surface area contributed by atoms with Crippen molar-refractivity contribution in [2.24, 2.45) is 5.92 Å². The fourth-order valence-corrected chi connectivity index (χ4v) is 2.23. The molecule has 4 heteroatoms. The van der Waals surface area contributed by atoms with Crippen molar-refractivity contribution in [1.82, 2.24) is 0 Å². The van der Waals surface area contributed by atoms with E-state index >= 15 is 0 Å². The number of fused-ring (bicyclic) bond motifs is 1. The maximum Gasteiger partial charge on any atom is 0.231 e. The van der Waals surface area contributed by atoms with Crippen LogP contribution in [0.15, 0.2) is 18.2 Å². The molecule has 1 amide bonds. The third-order valence-electron chi connectivity index (χ3n) is 3.34. The summed E-state index contributed by atoms with van der Waals surface area (Å²) < 4.78 is 5.57. The van der Waals surface area contributed by atoms with Crippen molar-refractivity contribution in [3.05, 3.63) is 23.8 Å². The summed E-state index contributed by atoms with van der Waals surface area (Å²) in [6.45, 7) is 6.31. The molecule has 0 fully saturated rings. The van der Waals surface area contributed by atoms with E-state index in [2.05, 4.69) is 13.8 Å². The zero-order valence-corrected chi connectivity index (χ0v) is 11.7. The number of nitrogens with zero attached hydrogens (tertiary/aromatic N) is 1. The van der Waals surface area contributed by atoms with E-state index in [0.29, 0.717) is 31.2 Å². The van der Waals surface area contributed by atoms with Gasteiger partial charge in [-0.05, 0) is 36.1 Å². The fourth-order valence-electron chi connectivity index (χ4n) is 2.23. The second-order valence-corrected chi connectivity index (χ2v) is 5.41. The van der Waals surface area contributed by atoms with E-state index in [1.165, 1.54) is 0 Å². The van der Waals surface area contributed by atoms with Crippen LogP contribution in [0.1, 0.15) is 25.8 Å². The maximum absolute atomic E-state index is 11.9. The SMILES string of the molecule is CC(C)CCOCCN1C(=O)Cc2cc(N)ccc21. The van der Waals surface area contributed by atoms with E-state index in [9.17, 15) is 4.79 Å². The molecule has 1 aliphatic heterocycles. The van der Waals surface area contributed by atoms with Crippen molar-refractivity contribution < 1.29 is 9.53 Å². The largest absolute Gasteiger partial charge is 0.399 e. The Morgan fingerprint density at radius 2 is 2.16 bits per heavy atom.